The van der Waals surface area contributed by atoms with Crippen LogP contribution in [0.3, 0.4) is 0 Å². The third-order valence-electron chi connectivity index (χ3n) is 5.44. The van der Waals surface area contributed by atoms with Crippen molar-refractivity contribution in [2.24, 2.45) is 7.05 Å². The number of aromatic nitrogens is 6. The Bertz CT molecular complexity index is 1220. The van der Waals surface area contributed by atoms with Crippen LogP contribution in [0.4, 0.5) is 11.8 Å². The quantitative estimate of drug-likeness (QED) is 0.477. The molecule has 8 heteroatoms. The normalized spacial score (nSPS) is 12.5. The van der Waals surface area contributed by atoms with E-state index in [1.807, 2.05) is 40.9 Å². The van der Waals surface area contributed by atoms with E-state index in [2.05, 4.69) is 56.5 Å². The average molecular weight is 464 g/mol. The van der Waals surface area contributed by atoms with Crippen molar-refractivity contribution >= 4 is 27.7 Å². The summed E-state index contributed by atoms with van der Waals surface area (Å²) in [5.74, 6) is 1.30. The van der Waals surface area contributed by atoms with Crippen molar-refractivity contribution in [3.8, 4) is 11.3 Å². The highest BCUT2D eigenvalue weighted by molar-refractivity contribution is 9.10. The first-order chi connectivity index (χ1) is 14.6. The lowest BCUT2D eigenvalue weighted by Gasteiger charge is -2.16. The summed E-state index contributed by atoms with van der Waals surface area (Å²) < 4.78 is 4.95. The zero-order chi connectivity index (χ0) is 20.7. The molecule has 1 aliphatic carbocycles. The number of benzene rings is 1. The standard InChI is InChI=1S/C22H22BrN7/c1-3-30-10-9-19(28-30)25-22-24-13-15-7-8-17-20(21(15)26-22)18(29(2)27-17)12-14-5-4-6-16(23)11-14/h4-6,9-11,13H,3,7-8,12H2,1-2H3,(H,24,25,26,28). The summed E-state index contributed by atoms with van der Waals surface area (Å²) in [6.07, 6.45) is 6.48. The molecule has 3 aromatic heterocycles. The van der Waals surface area contributed by atoms with Gasteiger partial charge >= 0.3 is 0 Å². The first-order valence-corrected chi connectivity index (χ1v) is 10.9. The molecular weight excluding hydrogens is 442 g/mol. The molecule has 0 bridgehead atoms. The predicted molar refractivity (Wildman–Crippen MR) is 120 cm³/mol. The van der Waals surface area contributed by atoms with E-state index < -0.39 is 0 Å². The Morgan fingerprint density at radius 1 is 1.17 bits per heavy atom. The summed E-state index contributed by atoms with van der Waals surface area (Å²) in [6.45, 7) is 2.88. The van der Waals surface area contributed by atoms with E-state index >= 15 is 0 Å². The van der Waals surface area contributed by atoms with Crippen molar-refractivity contribution < 1.29 is 0 Å². The van der Waals surface area contributed by atoms with Gasteiger partial charge in [-0.2, -0.15) is 10.2 Å². The molecule has 1 aliphatic rings. The molecule has 0 atom stereocenters. The van der Waals surface area contributed by atoms with Crippen LogP contribution in [0.2, 0.25) is 0 Å². The van der Waals surface area contributed by atoms with Crippen LogP contribution in [0.5, 0.6) is 0 Å². The predicted octanol–water partition coefficient (Wildman–Crippen LogP) is 4.29. The van der Waals surface area contributed by atoms with Crippen LogP contribution >= 0.6 is 15.9 Å². The van der Waals surface area contributed by atoms with Gasteiger partial charge in [0.2, 0.25) is 5.95 Å². The van der Waals surface area contributed by atoms with Crippen molar-refractivity contribution in [2.75, 3.05) is 5.32 Å². The Morgan fingerprint density at radius 2 is 2.07 bits per heavy atom. The number of halogens is 1. The lowest BCUT2D eigenvalue weighted by Crippen LogP contribution is -2.09. The fraction of sp³-hybridized carbons (Fsp3) is 0.273. The van der Waals surface area contributed by atoms with Gasteiger partial charge in [0.25, 0.3) is 0 Å². The smallest absolute Gasteiger partial charge is 0.228 e. The molecule has 0 spiro atoms. The van der Waals surface area contributed by atoms with Crippen LogP contribution in [0.1, 0.15) is 29.4 Å². The number of hydrogen-bond acceptors (Lipinski definition) is 5. The van der Waals surface area contributed by atoms with Gasteiger partial charge in [-0.3, -0.25) is 9.36 Å². The van der Waals surface area contributed by atoms with Crippen LogP contribution in [-0.4, -0.2) is 29.5 Å². The van der Waals surface area contributed by atoms with Gasteiger partial charge in [-0.1, -0.05) is 28.1 Å². The van der Waals surface area contributed by atoms with Gasteiger partial charge in [-0.25, -0.2) is 9.97 Å². The molecule has 0 aliphatic heterocycles. The van der Waals surface area contributed by atoms with Gasteiger partial charge in [-0.05, 0) is 43.0 Å². The second-order valence-electron chi connectivity index (χ2n) is 7.45. The maximum atomic E-state index is 4.88. The van der Waals surface area contributed by atoms with E-state index in [1.54, 1.807) is 0 Å². The van der Waals surface area contributed by atoms with E-state index in [0.29, 0.717) is 5.95 Å². The molecule has 0 saturated carbocycles. The molecule has 30 heavy (non-hydrogen) atoms. The molecule has 0 saturated heterocycles. The Morgan fingerprint density at radius 3 is 2.87 bits per heavy atom. The van der Waals surface area contributed by atoms with Crippen LogP contribution in [0, 0.1) is 0 Å². The van der Waals surface area contributed by atoms with Gasteiger partial charge < -0.3 is 5.32 Å². The number of nitrogens with one attached hydrogen (secondary N) is 1. The number of fused-ring (bicyclic) bond motifs is 3. The minimum Gasteiger partial charge on any atom is -0.307 e. The van der Waals surface area contributed by atoms with E-state index in [4.69, 9.17) is 10.1 Å². The summed E-state index contributed by atoms with van der Waals surface area (Å²) in [5.41, 5.74) is 6.79. The van der Waals surface area contributed by atoms with Gasteiger partial charge in [-0.15, -0.1) is 0 Å². The fourth-order valence-corrected chi connectivity index (χ4v) is 4.40. The molecule has 0 fully saturated rings. The number of anilines is 2. The van der Waals surface area contributed by atoms with E-state index in [-0.39, 0.29) is 0 Å². The molecule has 4 aromatic rings. The molecule has 0 amide bonds. The molecule has 152 valence electrons. The number of rotatable bonds is 5. The second kappa shape index (κ2) is 7.68. The highest BCUT2D eigenvalue weighted by Gasteiger charge is 2.26. The lowest BCUT2D eigenvalue weighted by molar-refractivity contribution is 0.662. The molecule has 5 rings (SSSR count). The summed E-state index contributed by atoms with van der Waals surface area (Å²) in [6, 6.07) is 10.3. The Balaban J connectivity index is 1.53. The molecule has 7 nitrogen and oxygen atoms in total. The maximum absolute atomic E-state index is 4.88. The monoisotopic (exact) mass is 463 g/mol. The summed E-state index contributed by atoms with van der Waals surface area (Å²) in [4.78, 5) is 9.41. The Labute approximate surface area is 183 Å². The lowest BCUT2D eigenvalue weighted by atomic mass is 9.91. The topological polar surface area (TPSA) is 73.5 Å². The molecular formula is C22H22BrN7. The zero-order valence-electron chi connectivity index (χ0n) is 16.9. The molecule has 0 unspecified atom stereocenters. The van der Waals surface area contributed by atoms with Crippen LogP contribution in [-0.2, 0) is 32.9 Å². The highest BCUT2D eigenvalue weighted by atomic mass is 79.9. The number of hydrogen-bond donors (Lipinski definition) is 1. The van der Waals surface area contributed by atoms with Crippen LogP contribution in [0.25, 0.3) is 11.3 Å². The molecule has 3 heterocycles. The van der Waals surface area contributed by atoms with Crippen molar-refractivity contribution in [1.82, 2.24) is 29.5 Å². The van der Waals surface area contributed by atoms with Crippen molar-refractivity contribution in [3.63, 3.8) is 0 Å². The van der Waals surface area contributed by atoms with E-state index in [9.17, 15) is 0 Å². The van der Waals surface area contributed by atoms with Crippen LogP contribution < -0.4 is 5.32 Å². The Hall–Kier alpha value is -3.00. The minimum absolute atomic E-state index is 0.556. The summed E-state index contributed by atoms with van der Waals surface area (Å²) >= 11 is 3.57. The molecule has 1 aromatic carbocycles. The third-order valence-corrected chi connectivity index (χ3v) is 5.93. The third kappa shape index (κ3) is 3.52. The SMILES string of the molecule is CCn1ccc(Nc2ncc3c(n2)-c2c(nn(C)c2Cc2cccc(Br)c2)CC3)n1. The minimum atomic E-state index is 0.556. The molecule has 1 N–H and O–H groups in total. The first kappa shape index (κ1) is 19.0. The maximum Gasteiger partial charge on any atom is 0.228 e. The molecule has 0 radical (unpaired) electrons. The van der Waals surface area contributed by atoms with Crippen LogP contribution in [0.15, 0.2) is 47.2 Å². The highest BCUT2D eigenvalue weighted by Crippen LogP contribution is 2.36. The van der Waals surface area contributed by atoms with E-state index in [0.717, 1.165) is 58.6 Å². The summed E-state index contributed by atoms with van der Waals surface area (Å²) in [5, 5.41) is 12.5. The van der Waals surface area contributed by atoms with Gasteiger partial charge in [0.05, 0.1) is 17.1 Å². The first-order valence-electron chi connectivity index (χ1n) is 10.1. The van der Waals surface area contributed by atoms with Crippen molar-refractivity contribution in [2.45, 2.75) is 32.7 Å². The zero-order valence-corrected chi connectivity index (χ0v) is 18.5. The second-order valence-corrected chi connectivity index (χ2v) is 8.36. The largest absolute Gasteiger partial charge is 0.307 e. The fourth-order valence-electron chi connectivity index (χ4n) is 3.95. The summed E-state index contributed by atoms with van der Waals surface area (Å²) in [7, 11) is 2.02. The number of nitrogens with zero attached hydrogens (tertiary/aromatic N) is 6. The number of aryl methyl sites for hydroxylation is 4. The van der Waals surface area contributed by atoms with Gasteiger partial charge in [0, 0.05) is 48.5 Å². The van der Waals surface area contributed by atoms with Gasteiger partial charge in [0.1, 0.15) is 0 Å². The van der Waals surface area contributed by atoms with Crippen molar-refractivity contribution in [1.29, 1.82) is 0 Å². The van der Waals surface area contributed by atoms with Gasteiger partial charge in [0.15, 0.2) is 5.82 Å². The average Bonchev–Trinajstić information content (AvgIpc) is 3.32. The van der Waals surface area contributed by atoms with E-state index in [1.165, 1.54) is 11.3 Å². The van der Waals surface area contributed by atoms with Crippen molar-refractivity contribution in [3.05, 3.63) is 69.7 Å². The Kier molecular flexibility index (Phi) is 4.86.